The number of ether oxygens (including phenoxy) is 1. The van der Waals surface area contributed by atoms with Crippen LogP contribution in [0.3, 0.4) is 0 Å². The second-order valence-electron chi connectivity index (χ2n) is 3.64. The number of hydrogen-bond donors (Lipinski definition) is 1. The summed E-state index contributed by atoms with van der Waals surface area (Å²) >= 11 is 4.26. The minimum Gasteiger partial charge on any atom is -0.469 e. The molecule has 0 saturated carbocycles. The van der Waals surface area contributed by atoms with Gasteiger partial charge in [0.1, 0.15) is 5.78 Å². The summed E-state index contributed by atoms with van der Waals surface area (Å²) in [7, 11) is 1.31. The molecule has 0 aliphatic rings. The molecule has 0 aromatic carbocycles. The topological polar surface area (TPSA) is 43.4 Å². The van der Waals surface area contributed by atoms with E-state index < -0.39 is 10.7 Å². The molecule has 0 fully saturated rings. The molecule has 0 aliphatic heterocycles. The van der Waals surface area contributed by atoms with Gasteiger partial charge in [0, 0.05) is 11.2 Å². The fraction of sp³-hybridized carbons (Fsp3) is 0.778. The lowest BCUT2D eigenvalue weighted by Gasteiger charge is -2.26. The minimum atomic E-state index is -0.529. The van der Waals surface area contributed by atoms with Crippen LogP contribution in [0.4, 0.5) is 0 Å². The van der Waals surface area contributed by atoms with E-state index >= 15 is 0 Å². The highest BCUT2D eigenvalue weighted by Crippen LogP contribution is 2.27. The Morgan fingerprint density at radius 1 is 1.46 bits per heavy atom. The number of rotatable bonds is 4. The number of esters is 1. The lowest BCUT2D eigenvalue weighted by molar-refractivity contribution is -0.148. The summed E-state index contributed by atoms with van der Waals surface area (Å²) in [5.41, 5.74) is 0. The van der Waals surface area contributed by atoms with E-state index in [4.69, 9.17) is 0 Å². The normalized spacial score (nSPS) is 13.6. The molecule has 0 aromatic rings. The van der Waals surface area contributed by atoms with Gasteiger partial charge in [-0.2, -0.15) is 12.6 Å². The molecule has 0 saturated heterocycles. The van der Waals surface area contributed by atoms with Gasteiger partial charge in [0.25, 0.3) is 0 Å². The molecule has 0 rings (SSSR count). The van der Waals surface area contributed by atoms with Crippen molar-refractivity contribution in [1.29, 1.82) is 0 Å². The van der Waals surface area contributed by atoms with E-state index in [0.717, 1.165) is 0 Å². The van der Waals surface area contributed by atoms with Gasteiger partial charge in [0.15, 0.2) is 0 Å². The van der Waals surface area contributed by atoms with Crippen molar-refractivity contribution in [2.45, 2.75) is 31.9 Å². The van der Waals surface area contributed by atoms with E-state index in [1.807, 2.05) is 0 Å². The number of carbonyl (C=O) groups excluding carboxylic acids is 2. The molecule has 0 spiro atoms. The molecule has 3 nitrogen and oxygen atoms in total. The Labute approximate surface area is 84.3 Å². The Hall–Kier alpha value is -0.510. The van der Waals surface area contributed by atoms with Crippen LogP contribution in [0.25, 0.3) is 0 Å². The van der Waals surface area contributed by atoms with Crippen molar-refractivity contribution in [1.82, 2.24) is 0 Å². The average Bonchev–Trinajstić information content (AvgIpc) is 1.96. The molecule has 1 atom stereocenters. The maximum Gasteiger partial charge on any atom is 0.310 e. The lowest BCUT2D eigenvalue weighted by Crippen LogP contribution is -2.34. The number of ketones is 1. The molecule has 0 radical (unpaired) electrons. The van der Waals surface area contributed by atoms with Gasteiger partial charge in [-0.05, 0) is 6.92 Å². The van der Waals surface area contributed by atoms with Crippen molar-refractivity contribution in [3.8, 4) is 0 Å². The van der Waals surface area contributed by atoms with Crippen LogP contribution in [0.5, 0.6) is 0 Å². The molecule has 0 bridgehead atoms. The first kappa shape index (κ1) is 12.5. The summed E-state index contributed by atoms with van der Waals surface area (Å²) in [6.07, 6.45) is 0.184. The van der Waals surface area contributed by atoms with Crippen LogP contribution >= 0.6 is 12.6 Å². The summed E-state index contributed by atoms with van der Waals surface area (Å²) in [5.74, 6) is -0.883. The third-order valence-corrected chi connectivity index (χ3v) is 2.14. The zero-order chi connectivity index (χ0) is 10.6. The summed E-state index contributed by atoms with van der Waals surface area (Å²) < 4.78 is 4.07. The summed E-state index contributed by atoms with van der Waals surface area (Å²) in [5, 5.41) is 0. The van der Waals surface area contributed by atoms with Crippen molar-refractivity contribution < 1.29 is 14.3 Å². The average molecular weight is 204 g/mol. The Morgan fingerprint density at radius 2 is 1.92 bits per heavy atom. The van der Waals surface area contributed by atoms with E-state index in [1.54, 1.807) is 13.8 Å². The molecule has 0 heterocycles. The molecule has 1 unspecified atom stereocenters. The minimum absolute atomic E-state index is 0.0301. The molecular weight excluding hydrogens is 188 g/mol. The Morgan fingerprint density at radius 3 is 2.15 bits per heavy atom. The molecule has 4 heteroatoms. The number of Topliss-reactive ketones (excluding diaryl/α,β-unsaturated/α-hetero) is 1. The van der Waals surface area contributed by atoms with Crippen LogP contribution in [-0.4, -0.2) is 23.6 Å². The third kappa shape index (κ3) is 4.31. The van der Waals surface area contributed by atoms with E-state index in [-0.39, 0.29) is 18.2 Å². The van der Waals surface area contributed by atoms with Gasteiger partial charge in [0.2, 0.25) is 0 Å². The molecule has 76 valence electrons. The fourth-order valence-electron chi connectivity index (χ4n) is 1.05. The van der Waals surface area contributed by atoms with Gasteiger partial charge < -0.3 is 9.53 Å². The van der Waals surface area contributed by atoms with Crippen LogP contribution in [0, 0.1) is 5.92 Å². The first-order chi connectivity index (χ1) is 5.79. The predicted octanol–water partition coefficient (Wildman–Crippen LogP) is 1.46. The monoisotopic (exact) mass is 204 g/mol. The molecule has 0 aromatic heterocycles. The summed E-state index contributed by atoms with van der Waals surface area (Å²) in [6.45, 7) is 5.04. The van der Waals surface area contributed by atoms with Gasteiger partial charge in [-0.1, -0.05) is 13.8 Å². The number of thiol groups is 1. The highest BCUT2D eigenvalue weighted by Gasteiger charge is 2.33. The molecule has 0 aliphatic carbocycles. The van der Waals surface area contributed by atoms with Gasteiger partial charge in [-0.25, -0.2) is 0 Å². The highest BCUT2D eigenvalue weighted by molar-refractivity contribution is 7.81. The van der Waals surface area contributed by atoms with Crippen molar-refractivity contribution in [2.75, 3.05) is 7.11 Å². The van der Waals surface area contributed by atoms with Gasteiger partial charge in [-0.15, -0.1) is 0 Å². The molecular formula is C9H16O3S. The molecule has 0 N–H and O–H groups in total. The third-order valence-electron chi connectivity index (χ3n) is 1.83. The first-order valence-corrected chi connectivity index (χ1v) is 4.53. The van der Waals surface area contributed by atoms with Gasteiger partial charge in [0.05, 0.1) is 13.0 Å². The molecule has 13 heavy (non-hydrogen) atoms. The second kappa shape index (κ2) is 4.65. The van der Waals surface area contributed by atoms with E-state index in [1.165, 1.54) is 14.0 Å². The highest BCUT2D eigenvalue weighted by atomic mass is 32.1. The molecule has 0 amide bonds. The first-order valence-electron chi connectivity index (χ1n) is 4.08. The van der Waals surface area contributed by atoms with Crippen molar-refractivity contribution in [3.63, 3.8) is 0 Å². The SMILES string of the molecule is COC(=O)C(CC(C)=O)C(C)(C)S. The van der Waals surface area contributed by atoms with Crippen molar-refractivity contribution >= 4 is 24.4 Å². The zero-order valence-corrected chi connectivity index (χ0v) is 9.35. The largest absolute Gasteiger partial charge is 0.469 e. The zero-order valence-electron chi connectivity index (χ0n) is 8.46. The standard InChI is InChI=1S/C9H16O3S/c1-6(10)5-7(8(11)12-4)9(2,3)13/h7,13H,5H2,1-4H3. The van der Waals surface area contributed by atoms with Crippen LogP contribution in [0.2, 0.25) is 0 Å². The lowest BCUT2D eigenvalue weighted by atomic mass is 9.90. The maximum atomic E-state index is 11.3. The summed E-state index contributed by atoms with van der Waals surface area (Å²) in [4.78, 5) is 22.2. The number of methoxy groups -OCH3 is 1. The predicted molar refractivity (Wildman–Crippen MR) is 53.9 cm³/mol. The van der Waals surface area contributed by atoms with E-state index in [2.05, 4.69) is 17.4 Å². The fourth-order valence-corrected chi connectivity index (χ4v) is 1.25. The second-order valence-corrected chi connectivity index (χ2v) is 4.79. The van der Waals surface area contributed by atoms with Crippen LogP contribution in [0.15, 0.2) is 0 Å². The Balaban J connectivity index is 4.56. The smallest absolute Gasteiger partial charge is 0.310 e. The van der Waals surface area contributed by atoms with Crippen LogP contribution in [-0.2, 0) is 14.3 Å². The summed E-state index contributed by atoms with van der Waals surface area (Å²) in [6, 6.07) is 0. The van der Waals surface area contributed by atoms with Crippen molar-refractivity contribution in [2.24, 2.45) is 5.92 Å². The number of hydrogen-bond acceptors (Lipinski definition) is 4. The Kier molecular flexibility index (Phi) is 4.47. The van der Waals surface area contributed by atoms with E-state index in [9.17, 15) is 9.59 Å². The van der Waals surface area contributed by atoms with Crippen molar-refractivity contribution in [3.05, 3.63) is 0 Å². The Bertz CT molecular complexity index is 205. The van der Waals surface area contributed by atoms with Crippen LogP contribution < -0.4 is 0 Å². The van der Waals surface area contributed by atoms with Gasteiger partial charge >= 0.3 is 5.97 Å². The quantitative estimate of drug-likeness (QED) is 0.557. The van der Waals surface area contributed by atoms with E-state index in [0.29, 0.717) is 0 Å². The maximum absolute atomic E-state index is 11.3. The van der Waals surface area contributed by atoms with Crippen LogP contribution in [0.1, 0.15) is 27.2 Å². The van der Waals surface area contributed by atoms with Gasteiger partial charge in [-0.3, -0.25) is 4.79 Å². The number of carbonyl (C=O) groups is 2.